The molecule has 0 bridgehead atoms. The van der Waals surface area contributed by atoms with Gasteiger partial charge in [-0.2, -0.15) is 0 Å². The van der Waals surface area contributed by atoms with Crippen LogP contribution in [0.2, 0.25) is 0 Å². The molecule has 0 N–H and O–H groups in total. The van der Waals surface area contributed by atoms with E-state index in [0.29, 0.717) is 0 Å². The van der Waals surface area contributed by atoms with Gasteiger partial charge >= 0.3 is 0 Å². The van der Waals surface area contributed by atoms with E-state index < -0.39 is 0 Å². The lowest BCUT2D eigenvalue weighted by atomic mass is 10.1. The summed E-state index contributed by atoms with van der Waals surface area (Å²) in [6.07, 6.45) is 7.34. The molecule has 72 valence electrons. The van der Waals surface area contributed by atoms with Crippen LogP contribution in [0.1, 0.15) is 31.4 Å². The standard InChI is InChI=1S/C10H15NOS/c1-8-6-12-10(11-8)13-7-9-4-2-3-5-9/h6,9H,2-5,7H2,1H3. The molecule has 0 spiro atoms. The zero-order chi connectivity index (χ0) is 9.10. The Labute approximate surface area is 83.1 Å². The molecule has 0 aromatic carbocycles. The van der Waals surface area contributed by atoms with Crippen LogP contribution in [0.4, 0.5) is 0 Å². The largest absolute Gasteiger partial charge is 0.440 e. The zero-order valence-electron chi connectivity index (χ0n) is 7.95. The maximum Gasteiger partial charge on any atom is 0.255 e. The summed E-state index contributed by atoms with van der Waals surface area (Å²) in [6.45, 7) is 1.96. The topological polar surface area (TPSA) is 26.0 Å². The fourth-order valence-electron chi connectivity index (χ4n) is 1.76. The molecule has 0 atom stereocenters. The number of hydrogen-bond donors (Lipinski definition) is 0. The van der Waals surface area contributed by atoms with Gasteiger partial charge in [-0.05, 0) is 25.7 Å². The van der Waals surface area contributed by atoms with Crippen molar-refractivity contribution < 1.29 is 4.42 Å². The van der Waals surface area contributed by atoms with E-state index in [2.05, 4.69) is 4.98 Å². The van der Waals surface area contributed by atoms with Crippen molar-refractivity contribution in [2.75, 3.05) is 5.75 Å². The zero-order valence-corrected chi connectivity index (χ0v) is 8.77. The van der Waals surface area contributed by atoms with Crippen molar-refractivity contribution in [3.63, 3.8) is 0 Å². The summed E-state index contributed by atoms with van der Waals surface area (Å²) in [5.74, 6) is 2.08. The van der Waals surface area contributed by atoms with E-state index in [1.165, 1.54) is 31.4 Å². The number of rotatable bonds is 3. The third-order valence-corrected chi connectivity index (χ3v) is 3.59. The van der Waals surface area contributed by atoms with Crippen LogP contribution in [0.15, 0.2) is 15.9 Å². The van der Waals surface area contributed by atoms with Gasteiger partial charge in [-0.15, -0.1) is 0 Å². The first-order chi connectivity index (χ1) is 6.34. The number of hydrogen-bond acceptors (Lipinski definition) is 3. The van der Waals surface area contributed by atoms with Crippen molar-refractivity contribution in [3.05, 3.63) is 12.0 Å². The Bertz CT molecular complexity index is 266. The smallest absolute Gasteiger partial charge is 0.255 e. The van der Waals surface area contributed by atoms with E-state index in [4.69, 9.17) is 4.42 Å². The van der Waals surface area contributed by atoms with Gasteiger partial charge in [0, 0.05) is 5.75 Å². The van der Waals surface area contributed by atoms with Gasteiger partial charge in [-0.25, -0.2) is 4.98 Å². The molecule has 1 aromatic rings. The van der Waals surface area contributed by atoms with Gasteiger partial charge in [0.1, 0.15) is 6.26 Å². The van der Waals surface area contributed by atoms with Gasteiger partial charge in [0.2, 0.25) is 0 Å². The minimum atomic E-state index is 0.837. The van der Waals surface area contributed by atoms with E-state index in [0.717, 1.165) is 16.8 Å². The lowest BCUT2D eigenvalue weighted by Crippen LogP contribution is -1.95. The van der Waals surface area contributed by atoms with Crippen molar-refractivity contribution in [1.82, 2.24) is 4.98 Å². The molecule has 13 heavy (non-hydrogen) atoms. The number of aryl methyl sites for hydroxylation is 1. The number of thioether (sulfide) groups is 1. The van der Waals surface area contributed by atoms with Crippen LogP contribution in [0.5, 0.6) is 0 Å². The Kier molecular flexibility index (Phi) is 2.94. The predicted molar refractivity (Wildman–Crippen MR) is 53.9 cm³/mol. The van der Waals surface area contributed by atoms with Crippen LogP contribution in [0.3, 0.4) is 0 Å². The highest BCUT2D eigenvalue weighted by Gasteiger charge is 2.15. The number of aromatic nitrogens is 1. The molecule has 3 heteroatoms. The lowest BCUT2D eigenvalue weighted by Gasteiger charge is -2.04. The fourth-order valence-corrected chi connectivity index (χ4v) is 2.80. The summed E-state index contributed by atoms with van der Waals surface area (Å²) >= 11 is 1.76. The minimum absolute atomic E-state index is 0.837. The number of nitrogens with zero attached hydrogens (tertiary/aromatic N) is 1. The first-order valence-electron chi connectivity index (χ1n) is 4.89. The van der Waals surface area contributed by atoms with Crippen LogP contribution in [0, 0.1) is 12.8 Å². The predicted octanol–water partition coefficient (Wildman–Crippen LogP) is 3.27. The Morgan fingerprint density at radius 1 is 1.54 bits per heavy atom. The lowest BCUT2D eigenvalue weighted by molar-refractivity contribution is 0.452. The van der Waals surface area contributed by atoms with Crippen LogP contribution in [-0.4, -0.2) is 10.7 Å². The van der Waals surface area contributed by atoms with Gasteiger partial charge in [0.15, 0.2) is 0 Å². The van der Waals surface area contributed by atoms with Crippen molar-refractivity contribution in [2.24, 2.45) is 5.92 Å². The van der Waals surface area contributed by atoms with Crippen molar-refractivity contribution >= 4 is 11.8 Å². The molecule has 2 nitrogen and oxygen atoms in total. The average molecular weight is 197 g/mol. The highest BCUT2D eigenvalue weighted by atomic mass is 32.2. The first-order valence-corrected chi connectivity index (χ1v) is 5.88. The fraction of sp³-hybridized carbons (Fsp3) is 0.700. The third-order valence-electron chi connectivity index (χ3n) is 2.52. The second-order valence-electron chi connectivity index (χ2n) is 3.72. The van der Waals surface area contributed by atoms with Gasteiger partial charge < -0.3 is 4.42 Å². The molecule has 2 rings (SSSR count). The molecule has 0 unspecified atom stereocenters. The summed E-state index contributed by atoms with van der Waals surface area (Å²) in [7, 11) is 0. The molecule has 1 saturated carbocycles. The van der Waals surface area contributed by atoms with Crippen molar-refractivity contribution in [2.45, 2.75) is 37.8 Å². The van der Waals surface area contributed by atoms with Gasteiger partial charge in [0.05, 0.1) is 5.69 Å². The quantitative estimate of drug-likeness (QED) is 0.696. The Morgan fingerprint density at radius 2 is 2.31 bits per heavy atom. The summed E-state index contributed by atoms with van der Waals surface area (Å²) in [5, 5.41) is 0.837. The summed E-state index contributed by atoms with van der Waals surface area (Å²) < 4.78 is 5.28. The van der Waals surface area contributed by atoms with E-state index in [-0.39, 0.29) is 0 Å². The number of oxazole rings is 1. The molecule has 1 aromatic heterocycles. The third kappa shape index (κ3) is 2.50. The summed E-state index contributed by atoms with van der Waals surface area (Å²) in [6, 6.07) is 0. The second-order valence-corrected chi connectivity index (χ2v) is 4.69. The molecular weight excluding hydrogens is 182 g/mol. The monoisotopic (exact) mass is 197 g/mol. The summed E-state index contributed by atoms with van der Waals surface area (Å²) in [5.41, 5.74) is 0.980. The molecule has 1 aliphatic carbocycles. The summed E-state index contributed by atoms with van der Waals surface area (Å²) in [4.78, 5) is 4.27. The van der Waals surface area contributed by atoms with Crippen LogP contribution in [-0.2, 0) is 0 Å². The van der Waals surface area contributed by atoms with Gasteiger partial charge in [0.25, 0.3) is 5.22 Å². The Hall–Kier alpha value is -0.440. The van der Waals surface area contributed by atoms with E-state index in [9.17, 15) is 0 Å². The molecule has 0 radical (unpaired) electrons. The molecule has 0 aliphatic heterocycles. The van der Waals surface area contributed by atoms with Crippen LogP contribution < -0.4 is 0 Å². The maximum absolute atomic E-state index is 5.28. The first kappa shape index (κ1) is 9.13. The molecule has 1 aliphatic rings. The van der Waals surface area contributed by atoms with E-state index in [1.807, 2.05) is 6.92 Å². The Balaban J connectivity index is 1.78. The normalized spacial score (nSPS) is 18.2. The van der Waals surface area contributed by atoms with Gasteiger partial charge in [-0.3, -0.25) is 0 Å². The van der Waals surface area contributed by atoms with Gasteiger partial charge in [-0.1, -0.05) is 24.6 Å². The average Bonchev–Trinajstić information content (AvgIpc) is 2.71. The molecule has 0 saturated heterocycles. The van der Waals surface area contributed by atoms with E-state index in [1.54, 1.807) is 18.0 Å². The highest BCUT2D eigenvalue weighted by molar-refractivity contribution is 7.99. The highest BCUT2D eigenvalue weighted by Crippen LogP contribution is 2.30. The molecule has 0 amide bonds. The SMILES string of the molecule is Cc1coc(SCC2CCCC2)n1. The minimum Gasteiger partial charge on any atom is -0.440 e. The van der Waals surface area contributed by atoms with Crippen molar-refractivity contribution in [1.29, 1.82) is 0 Å². The molecule has 1 fully saturated rings. The molecular formula is C10H15NOS. The Morgan fingerprint density at radius 3 is 2.92 bits per heavy atom. The van der Waals surface area contributed by atoms with E-state index >= 15 is 0 Å². The molecule has 1 heterocycles. The van der Waals surface area contributed by atoms with Crippen LogP contribution in [0.25, 0.3) is 0 Å². The van der Waals surface area contributed by atoms with Crippen LogP contribution >= 0.6 is 11.8 Å². The maximum atomic E-state index is 5.28. The second kappa shape index (κ2) is 4.18. The van der Waals surface area contributed by atoms with Crippen molar-refractivity contribution in [3.8, 4) is 0 Å².